The minimum atomic E-state index is 0.0269. The van der Waals surface area contributed by atoms with Gasteiger partial charge in [0.2, 0.25) is 0 Å². The Bertz CT molecular complexity index is 813. The van der Waals surface area contributed by atoms with Crippen LogP contribution in [0.25, 0.3) is 11.3 Å². The number of amides is 1. The van der Waals surface area contributed by atoms with Crippen LogP contribution in [-0.2, 0) is 4.74 Å². The van der Waals surface area contributed by atoms with E-state index in [1.807, 2.05) is 35.2 Å². The van der Waals surface area contributed by atoms with Crippen molar-refractivity contribution in [3.05, 3.63) is 41.0 Å². The summed E-state index contributed by atoms with van der Waals surface area (Å²) >= 11 is 6.10. The fourth-order valence-electron chi connectivity index (χ4n) is 4.30. The topological polar surface area (TPSA) is 61.5 Å². The Hall–Kier alpha value is -1.89. The quantitative estimate of drug-likeness (QED) is 0.744. The van der Waals surface area contributed by atoms with E-state index < -0.39 is 0 Å². The second-order valence-electron chi connectivity index (χ2n) is 7.92. The first-order chi connectivity index (χ1) is 14.2. The third-order valence-corrected chi connectivity index (χ3v) is 6.13. The molecule has 0 saturated carbocycles. The van der Waals surface area contributed by atoms with Gasteiger partial charge in [-0.1, -0.05) is 23.7 Å². The molecule has 1 aromatic heterocycles. The summed E-state index contributed by atoms with van der Waals surface area (Å²) in [5.41, 5.74) is 2.17. The lowest BCUT2D eigenvalue weighted by molar-refractivity contribution is 0.0278. The number of carbonyl (C=O) groups excluding carboxylic acids is 1. The van der Waals surface area contributed by atoms with Crippen LogP contribution in [0.5, 0.6) is 0 Å². The number of benzene rings is 1. The van der Waals surface area contributed by atoms with E-state index in [2.05, 4.69) is 15.1 Å². The standard InChI is InChI=1S/C22H29ClN4O2/c23-18-6-3-5-17(15-18)20-16-21(25-24-20)22(28)27(19-7-13-29-14-8-19)12-4-11-26-9-1-2-10-26/h3,5-6,15-16,19H,1-2,4,7-14H2,(H,24,25). The zero-order valence-corrected chi connectivity index (χ0v) is 17.5. The summed E-state index contributed by atoms with van der Waals surface area (Å²) in [7, 11) is 0. The fraction of sp³-hybridized carbons (Fsp3) is 0.545. The Labute approximate surface area is 177 Å². The number of carbonyl (C=O) groups is 1. The van der Waals surface area contributed by atoms with Gasteiger partial charge in [-0.2, -0.15) is 5.10 Å². The molecule has 156 valence electrons. The molecule has 1 N–H and O–H groups in total. The molecule has 0 bridgehead atoms. The maximum absolute atomic E-state index is 13.4. The van der Waals surface area contributed by atoms with Gasteiger partial charge in [0.05, 0.1) is 5.69 Å². The van der Waals surface area contributed by atoms with Crippen LogP contribution in [-0.4, -0.2) is 71.3 Å². The van der Waals surface area contributed by atoms with E-state index in [0.717, 1.165) is 56.8 Å². The van der Waals surface area contributed by atoms with Gasteiger partial charge in [-0.05, 0) is 69.9 Å². The lowest BCUT2D eigenvalue weighted by Gasteiger charge is -2.34. The molecule has 0 spiro atoms. The molecule has 29 heavy (non-hydrogen) atoms. The molecule has 2 aromatic rings. The molecular formula is C22H29ClN4O2. The van der Waals surface area contributed by atoms with Crippen molar-refractivity contribution in [3.63, 3.8) is 0 Å². The SMILES string of the molecule is O=C(c1cc(-c2cccc(Cl)c2)n[nH]1)N(CCCN1CCCC1)C1CCOCC1. The van der Waals surface area contributed by atoms with Gasteiger partial charge in [0.1, 0.15) is 5.69 Å². The number of halogens is 1. The van der Waals surface area contributed by atoms with E-state index in [9.17, 15) is 4.79 Å². The maximum atomic E-state index is 13.4. The molecule has 2 aliphatic rings. The highest BCUT2D eigenvalue weighted by Crippen LogP contribution is 2.23. The van der Waals surface area contributed by atoms with Gasteiger partial charge in [-0.3, -0.25) is 9.89 Å². The van der Waals surface area contributed by atoms with Crippen LogP contribution in [0.1, 0.15) is 42.6 Å². The highest BCUT2D eigenvalue weighted by atomic mass is 35.5. The van der Waals surface area contributed by atoms with Crippen LogP contribution in [0.4, 0.5) is 0 Å². The molecular weight excluding hydrogens is 388 g/mol. The number of H-pyrrole nitrogens is 1. The van der Waals surface area contributed by atoms with Gasteiger partial charge in [-0.15, -0.1) is 0 Å². The summed E-state index contributed by atoms with van der Waals surface area (Å²) < 4.78 is 5.52. The first-order valence-corrected chi connectivity index (χ1v) is 11.0. The average molecular weight is 417 g/mol. The molecule has 4 rings (SSSR count). The van der Waals surface area contributed by atoms with Crippen LogP contribution in [0.3, 0.4) is 0 Å². The van der Waals surface area contributed by atoms with E-state index in [1.54, 1.807) is 0 Å². The first kappa shape index (κ1) is 20.4. The van der Waals surface area contributed by atoms with Crippen molar-refractivity contribution in [3.8, 4) is 11.3 Å². The number of hydrogen-bond acceptors (Lipinski definition) is 4. The molecule has 7 heteroatoms. The van der Waals surface area contributed by atoms with E-state index in [-0.39, 0.29) is 11.9 Å². The summed E-state index contributed by atoms with van der Waals surface area (Å²) in [5, 5.41) is 7.96. The molecule has 2 saturated heterocycles. The molecule has 3 heterocycles. The number of rotatable bonds is 7. The van der Waals surface area contributed by atoms with Crippen molar-refractivity contribution in [2.75, 3.05) is 39.4 Å². The number of aromatic nitrogens is 2. The summed E-state index contributed by atoms with van der Waals surface area (Å²) in [6.45, 7) is 5.65. The molecule has 1 amide bonds. The maximum Gasteiger partial charge on any atom is 0.272 e. The van der Waals surface area contributed by atoms with Crippen molar-refractivity contribution in [2.45, 2.75) is 38.1 Å². The zero-order valence-electron chi connectivity index (χ0n) is 16.8. The summed E-state index contributed by atoms with van der Waals surface area (Å²) in [6.07, 6.45) is 5.37. The van der Waals surface area contributed by atoms with E-state index in [1.165, 1.54) is 25.9 Å². The van der Waals surface area contributed by atoms with Crippen LogP contribution < -0.4 is 0 Å². The van der Waals surface area contributed by atoms with Gasteiger partial charge >= 0.3 is 0 Å². The van der Waals surface area contributed by atoms with Crippen LogP contribution in [0, 0.1) is 0 Å². The van der Waals surface area contributed by atoms with E-state index in [4.69, 9.17) is 16.3 Å². The van der Waals surface area contributed by atoms with Crippen molar-refractivity contribution < 1.29 is 9.53 Å². The summed E-state index contributed by atoms with van der Waals surface area (Å²) in [5.74, 6) is 0.0269. The number of likely N-dealkylation sites (tertiary alicyclic amines) is 1. The molecule has 0 unspecified atom stereocenters. The number of aromatic amines is 1. The van der Waals surface area contributed by atoms with Gasteiger partial charge < -0.3 is 14.5 Å². The minimum absolute atomic E-state index is 0.0269. The van der Waals surface area contributed by atoms with Crippen molar-refractivity contribution >= 4 is 17.5 Å². The number of hydrogen-bond donors (Lipinski definition) is 1. The number of nitrogens with zero attached hydrogens (tertiary/aromatic N) is 3. The summed E-state index contributed by atoms with van der Waals surface area (Å²) in [4.78, 5) is 17.9. The smallest absolute Gasteiger partial charge is 0.272 e. The normalized spacial score (nSPS) is 18.2. The van der Waals surface area contributed by atoms with Crippen LogP contribution in [0.2, 0.25) is 5.02 Å². The Morgan fingerprint density at radius 2 is 2.03 bits per heavy atom. The van der Waals surface area contributed by atoms with Crippen molar-refractivity contribution in [1.29, 1.82) is 0 Å². The van der Waals surface area contributed by atoms with Gasteiger partial charge in [0, 0.05) is 36.4 Å². The molecule has 0 atom stereocenters. The number of nitrogens with one attached hydrogen (secondary N) is 1. The van der Waals surface area contributed by atoms with E-state index >= 15 is 0 Å². The van der Waals surface area contributed by atoms with Gasteiger partial charge in [0.25, 0.3) is 5.91 Å². The largest absolute Gasteiger partial charge is 0.381 e. The third-order valence-electron chi connectivity index (χ3n) is 5.89. The van der Waals surface area contributed by atoms with E-state index in [0.29, 0.717) is 10.7 Å². The summed E-state index contributed by atoms with van der Waals surface area (Å²) in [6, 6.07) is 9.59. The zero-order chi connectivity index (χ0) is 20.1. The van der Waals surface area contributed by atoms with Crippen molar-refractivity contribution in [2.24, 2.45) is 0 Å². The predicted molar refractivity (Wildman–Crippen MR) is 114 cm³/mol. The lowest BCUT2D eigenvalue weighted by atomic mass is 10.1. The molecule has 1 aromatic carbocycles. The highest BCUT2D eigenvalue weighted by molar-refractivity contribution is 6.30. The first-order valence-electron chi connectivity index (χ1n) is 10.6. The van der Waals surface area contributed by atoms with Gasteiger partial charge in [0.15, 0.2) is 0 Å². The Morgan fingerprint density at radius 1 is 1.24 bits per heavy atom. The Morgan fingerprint density at radius 3 is 2.79 bits per heavy atom. The minimum Gasteiger partial charge on any atom is -0.381 e. The fourth-order valence-corrected chi connectivity index (χ4v) is 4.49. The Balaban J connectivity index is 1.46. The Kier molecular flexibility index (Phi) is 6.85. The molecule has 6 nitrogen and oxygen atoms in total. The predicted octanol–water partition coefficient (Wildman–Crippen LogP) is 3.84. The van der Waals surface area contributed by atoms with Crippen molar-refractivity contribution in [1.82, 2.24) is 20.0 Å². The van der Waals surface area contributed by atoms with Crippen LogP contribution >= 0.6 is 11.6 Å². The van der Waals surface area contributed by atoms with Crippen LogP contribution in [0.15, 0.2) is 30.3 Å². The highest BCUT2D eigenvalue weighted by Gasteiger charge is 2.28. The molecule has 0 aliphatic carbocycles. The molecule has 2 aliphatic heterocycles. The average Bonchev–Trinajstić information content (AvgIpc) is 3.44. The third kappa shape index (κ3) is 5.18. The number of ether oxygens (including phenoxy) is 1. The van der Waals surface area contributed by atoms with Gasteiger partial charge in [-0.25, -0.2) is 0 Å². The second kappa shape index (κ2) is 9.74. The molecule has 2 fully saturated rings. The monoisotopic (exact) mass is 416 g/mol. The molecule has 0 radical (unpaired) electrons. The lowest BCUT2D eigenvalue weighted by Crippen LogP contribution is -2.44. The second-order valence-corrected chi connectivity index (χ2v) is 8.36.